The summed E-state index contributed by atoms with van der Waals surface area (Å²) in [7, 11) is 0. The van der Waals surface area contributed by atoms with Crippen LogP contribution in [0.3, 0.4) is 0 Å². The van der Waals surface area contributed by atoms with Crippen molar-refractivity contribution in [3.8, 4) is 0 Å². The second kappa shape index (κ2) is 6.10. The molecule has 0 spiro atoms. The molecule has 0 atom stereocenters. The maximum absolute atomic E-state index is 11.2. The van der Waals surface area contributed by atoms with Crippen molar-refractivity contribution in [2.45, 2.75) is 24.7 Å². The Bertz CT molecular complexity index is 312. The Labute approximate surface area is 93.8 Å². The van der Waals surface area contributed by atoms with Gasteiger partial charge < -0.3 is 0 Å². The van der Waals surface area contributed by atoms with Gasteiger partial charge in [-0.25, -0.2) is 0 Å². The van der Waals surface area contributed by atoms with Crippen LogP contribution in [-0.2, 0) is 4.79 Å². The Hall–Kier alpha value is -0.470. The lowest BCUT2D eigenvalue weighted by atomic mass is 10.3. The van der Waals surface area contributed by atoms with Gasteiger partial charge in [-0.05, 0) is 24.6 Å². The zero-order valence-corrected chi connectivity index (χ0v) is 9.70. The molecule has 0 saturated heterocycles. The summed E-state index contributed by atoms with van der Waals surface area (Å²) in [6.45, 7) is 2.02. The van der Waals surface area contributed by atoms with Crippen LogP contribution in [0.25, 0.3) is 0 Å². The summed E-state index contributed by atoms with van der Waals surface area (Å²) in [5.74, 6) is 0.853. The number of hydrogen-bond donors (Lipinski definition) is 0. The average Bonchev–Trinajstić information content (AvgIpc) is 2.15. The molecule has 0 aliphatic heterocycles. The molecule has 76 valence electrons. The van der Waals surface area contributed by atoms with Gasteiger partial charge in [-0.15, -0.1) is 11.8 Å². The van der Waals surface area contributed by atoms with Gasteiger partial charge in [0.1, 0.15) is 5.78 Å². The first-order chi connectivity index (χ1) is 6.72. The minimum absolute atomic E-state index is 0.303. The van der Waals surface area contributed by atoms with Crippen LogP contribution in [0.5, 0.6) is 0 Å². The van der Waals surface area contributed by atoms with Crippen molar-refractivity contribution in [1.29, 1.82) is 0 Å². The highest BCUT2D eigenvalue weighted by Crippen LogP contribution is 2.21. The van der Waals surface area contributed by atoms with Gasteiger partial charge in [0.15, 0.2) is 0 Å². The maximum Gasteiger partial charge on any atom is 0.143 e. The van der Waals surface area contributed by atoms with Gasteiger partial charge in [0.2, 0.25) is 0 Å². The van der Waals surface area contributed by atoms with Crippen LogP contribution in [-0.4, -0.2) is 11.5 Å². The summed E-state index contributed by atoms with van der Waals surface area (Å²) < 4.78 is 0. The van der Waals surface area contributed by atoms with Gasteiger partial charge in [0, 0.05) is 16.3 Å². The van der Waals surface area contributed by atoms with E-state index in [9.17, 15) is 4.79 Å². The fraction of sp³-hybridized carbons (Fsp3) is 0.364. The summed E-state index contributed by atoms with van der Waals surface area (Å²) in [6, 6.07) is 7.58. The van der Waals surface area contributed by atoms with Crippen molar-refractivity contribution in [3.05, 3.63) is 29.3 Å². The topological polar surface area (TPSA) is 17.1 Å². The number of carbonyl (C=O) groups excluding carboxylic acids is 1. The van der Waals surface area contributed by atoms with Crippen molar-refractivity contribution >= 4 is 29.1 Å². The first-order valence-corrected chi connectivity index (χ1v) is 5.99. The quantitative estimate of drug-likeness (QED) is 0.713. The van der Waals surface area contributed by atoms with E-state index in [0.29, 0.717) is 18.0 Å². The molecule has 1 aromatic carbocycles. The molecule has 0 bridgehead atoms. The highest BCUT2D eigenvalue weighted by Gasteiger charge is 2.01. The molecule has 0 heterocycles. The molecule has 0 aliphatic rings. The Kier molecular flexibility index (Phi) is 5.05. The molecule has 0 unspecified atom stereocenters. The fourth-order valence-corrected chi connectivity index (χ4v) is 2.18. The Morgan fingerprint density at radius 2 is 2.29 bits per heavy atom. The molecule has 0 radical (unpaired) electrons. The van der Waals surface area contributed by atoms with Crippen LogP contribution in [0.1, 0.15) is 19.8 Å². The minimum atomic E-state index is 0.303. The summed E-state index contributed by atoms with van der Waals surface area (Å²) in [5.41, 5.74) is 0. The molecule has 0 amide bonds. The van der Waals surface area contributed by atoms with Gasteiger partial charge in [0.25, 0.3) is 0 Å². The SMILES string of the molecule is CCCC(=O)CSc1cccc(Cl)c1. The zero-order valence-electron chi connectivity index (χ0n) is 8.13. The third-order valence-electron chi connectivity index (χ3n) is 1.72. The number of carbonyl (C=O) groups is 1. The van der Waals surface area contributed by atoms with Gasteiger partial charge in [-0.3, -0.25) is 4.79 Å². The van der Waals surface area contributed by atoms with Crippen molar-refractivity contribution in [2.75, 3.05) is 5.75 Å². The molecule has 0 N–H and O–H groups in total. The van der Waals surface area contributed by atoms with E-state index in [-0.39, 0.29) is 0 Å². The summed E-state index contributed by atoms with van der Waals surface area (Å²) in [6.07, 6.45) is 1.60. The normalized spacial score (nSPS) is 10.1. The molecule has 1 aromatic rings. The standard InChI is InChI=1S/C11H13ClOS/c1-2-4-10(13)8-14-11-6-3-5-9(12)7-11/h3,5-7H,2,4,8H2,1H3. The second-order valence-corrected chi connectivity index (χ2v) is 4.52. The van der Waals surface area contributed by atoms with Crippen molar-refractivity contribution in [1.82, 2.24) is 0 Å². The average molecular weight is 229 g/mol. The Morgan fingerprint density at radius 3 is 2.93 bits per heavy atom. The van der Waals surface area contributed by atoms with Crippen LogP contribution in [0.2, 0.25) is 5.02 Å². The van der Waals surface area contributed by atoms with E-state index in [2.05, 4.69) is 0 Å². The maximum atomic E-state index is 11.2. The molecular weight excluding hydrogens is 216 g/mol. The van der Waals surface area contributed by atoms with Crippen LogP contribution < -0.4 is 0 Å². The van der Waals surface area contributed by atoms with E-state index >= 15 is 0 Å². The molecule has 0 saturated carbocycles. The summed E-state index contributed by atoms with van der Waals surface area (Å²) in [5, 5.41) is 0.720. The molecule has 0 aliphatic carbocycles. The minimum Gasteiger partial charge on any atom is -0.299 e. The number of Topliss-reactive ketones (excluding diaryl/α,β-unsaturated/α-hetero) is 1. The van der Waals surface area contributed by atoms with Crippen LogP contribution in [0.4, 0.5) is 0 Å². The van der Waals surface area contributed by atoms with E-state index in [1.54, 1.807) is 11.8 Å². The first-order valence-electron chi connectivity index (χ1n) is 4.62. The lowest BCUT2D eigenvalue weighted by molar-refractivity contribution is -0.116. The van der Waals surface area contributed by atoms with Gasteiger partial charge in [-0.2, -0.15) is 0 Å². The van der Waals surface area contributed by atoms with E-state index in [1.807, 2.05) is 31.2 Å². The Morgan fingerprint density at radius 1 is 1.50 bits per heavy atom. The van der Waals surface area contributed by atoms with Crippen LogP contribution in [0.15, 0.2) is 29.2 Å². The number of rotatable bonds is 5. The molecule has 1 rings (SSSR count). The number of benzene rings is 1. The molecule has 1 nitrogen and oxygen atoms in total. The van der Waals surface area contributed by atoms with Gasteiger partial charge in [-0.1, -0.05) is 24.6 Å². The highest BCUT2D eigenvalue weighted by atomic mass is 35.5. The molecule has 0 fully saturated rings. The lowest BCUT2D eigenvalue weighted by Crippen LogP contribution is -1.99. The third-order valence-corrected chi connectivity index (χ3v) is 3.01. The van der Waals surface area contributed by atoms with Crippen LogP contribution >= 0.6 is 23.4 Å². The van der Waals surface area contributed by atoms with Crippen molar-refractivity contribution < 1.29 is 4.79 Å². The van der Waals surface area contributed by atoms with E-state index in [1.165, 1.54) is 0 Å². The second-order valence-electron chi connectivity index (χ2n) is 3.03. The summed E-state index contributed by atoms with van der Waals surface area (Å²) >= 11 is 7.37. The molecule has 0 aromatic heterocycles. The number of thioether (sulfide) groups is 1. The third kappa shape index (κ3) is 4.16. The molecular formula is C11H13ClOS. The molecule has 14 heavy (non-hydrogen) atoms. The van der Waals surface area contributed by atoms with Gasteiger partial charge in [0.05, 0.1) is 5.75 Å². The monoisotopic (exact) mass is 228 g/mol. The fourth-order valence-electron chi connectivity index (χ4n) is 1.07. The number of ketones is 1. The predicted octanol–water partition coefficient (Wildman–Crippen LogP) is 3.80. The van der Waals surface area contributed by atoms with Crippen molar-refractivity contribution in [2.24, 2.45) is 0 Å². The lowest BCUT2D eigenvalue weighted by Gasteiger charge is -2.00. The number of halogens is 1. The number of hydrogen-bond acceptors (Lipinski definition) is 2. The first kappa shape index (κ1) is 11.6. The largest absolute Gasteiger partial charge is 0.299 e. The highest BCUT2D eigenvalue weighted by molar-refractivity contribution is 8.00. The van der Waals surface area contributed by atoms with E-state index in [0.717, 1.165) is 16.3 Å². The summed E-state index contributed by atoms with van der Waals surface area (Å²) in [4.78, 5) is 12.3. The van der Waals surface area contributed by atoms with E-state index < -0.39 is 0 Å². The van der Waals surface area contributed by atoms with E-state index in [4.69, 9.17) is 11.6 Å². The predicted molar refractivity (Wildman–Crippen MR) is 62.1 cm³/mol. The zero-order chi connectivity index (χ0) is 10.4. The van der Waals surface area contributed by atoms with Crippen LogP contribution in [0, 0.1) is 0 Å². The Balaban J connectivity index is 2.41. The van der Waals surface area contributed by atoms with Crippen molar-refractivity contribution in [3.63, 3.8) is 0 Å². The van der Waals surface area contributed by atoms with Gasteiger partial charge >= 0.3 is 0 Å². The molecule has 3 heteroatoms. The smallest absolute Gasteiger partial charge is 0.143 e.